The Bertz CT molecular complexity index is 120. The van der Waals surface area contributed by atoms with Gasteiger partial charge in [0.1, 0.15) is 6.79 Å². The molecule has 0 bridgehead atoms. The van der Waals surface area contributed by atoms with Gasteiger partial charge in [-0.15, -0.1) is 0 Å². The first-order valence-corrected chi connectivity index (χ1v) is 3.91. The second-order valence-corrected chi connectivity index (χ2v) is 2.17. The summed E-state index contributed by atoms with van der Waals surface area (Å²) in [6.45, 7) is 4.86. The van der Waals surface area contributed by atoms with Gasteiger partial charge in [-0.2, -0.15) is 5.26 Å². The number of nitrogens with zero attached hydrogens (tertiary/aromatic N) is 1. The van der Waals surface area contributed by atoms with Gasteiger partial charge in [0.05, 0.1) is 18.6 Å². The Morgan fingerprint density at radius 3 is 2.64 bits per heavy atom. The van der Waals surface area contributed by atoms with Crippen LogP contribution in [0, 0.1) is 11.3 Å². The predicted octanol–water partition coefficient (Wildman–Crippen LogP) is 1.69. The zero-order valence-electron chi connectivity index (χ0n) is 7.17. The van der Waals surface area contributed by atoms with Crippen molar-refractivity contribution in [2.75, 3.05) is 13.4 Å². The summed E-state index contributed by atoms with van der Waals surface area (Å²) in [4.78, 5) is 0. The molecule has 0 aliphatic heterocycles. The minimum Gasteiger partial charge on any atom is -0.356 e. The monoisotopic (exact) mass is 157 g/mol. The Kier molecular flexibility index (Phi) is 7.11. The molecule has 0 aromatic carbocycles. The molecule has 0 N–H and O–H groups in total. The molecule has 0 amide bonds. The fourth-order valence-electron chi connectivity index (χ4n) is 0.651. The number of ether oxygens (including phenoxy) is 2. The van der Waals surface area contributed by atoms with Gasteiger partial charge in [0, 0.05) is 6.61 Å². The van der Waals surface area contributed by atoms with Gasteiger partial charge in [-0.3, -0.25) is 0 Å². The van der Waals surface area contributed by atoms with Crippen LogP contribution in [0.2, 0.25) is 0 Å². The van der Waals surface area contributed by atoms with E-state index in [0.717, 1.165) is 6.42 Å². The lowest BCUT2D eigenvalue weighted by atomic mass is 10.2. The van der Waals surface area contributed by atoms with Crippen molar-refractivity contribution in [3.63, 3.8) is 0 Å². The van der Waals surface area contributed by atoms with Crippen molar-refractivity contribution < 1.29 is 9.47 Å². The van der Waals surface area contributed by atoms with Gasteiger partial charge in [-0.25, -0.2) is 0 Å². The van der Waals surface area contributed by atoms with Crippen LogP contribution in [0.25, 0.3) is 0 Å². The first-order chi connectivity index (χ1) is 5.35. The average Bonchev–Trinajstić information content (AvgIpc) is 2.03. The van der Waals surface area contributed by atoms with Crippen LogP contribution in [-0.2, 0) is 9.47 Å². The maximum atomic E-state index is 8.35. The summed E-state index contributed by atoms with van der Waals surface area (Å²) < 4.78 is 10.2. The molecule has 0 aromatic heterocycles. The summed E-state index contributed by atoms with van der Waals surface area (Å²) in [6.07, 6.45) is 1.34. The molecule has 3 heteroatoms. The molecule has 0 fully saturated rings. The number of nitriles is 1. The summed E-state index contributed by atoms with van der Waals surface area (Å²) in [7, 11) is 0. The Hall–Kier alpha value is -0.590. The molecule has 0 heterocycles. The zero-order valence-corrected chi connectivity index (χ0v) is 7.17. The lowest BCUT2D eigenvalue weighted by molar-refractivity contribution is -0.0852. The van der Waals surface area contributed by atoms with Crippen LogP contribution in [0.5, 0.6) is 0 Å². The Labute approximate surface area is 67.9 Å². The lowest BCUT2D eigenvalue weighted by Crippen LogP contribution is -2.13. The summed E-state index contributed by atoms with van der Waals surface area (Å²) in [5, 5.41) is 8.35. The van der Waals surface area contributed by atoms with Crippen molar-refractivity contribution >= 4 is 0 Å². The van der Waals surface area contributed by atoms with E-state index in [9.17, 15) is 0 Å². The fourth-order valence-corrected chi connectivity index (χ4v) is 0.651. The highest BCUT2D eigenvalue weighted by atomic mass is 16.7. The van der Waals surface area contributed by atoms with E-state index in [2.05, 4.69) is 6.07 Å². The van der Waals surface area contributed by atoms with Gasteiger partial charge in [0.25, 0.3) is 0 Å². The molecule has 64 valence electrons. The minimum absolute atomic E-state index is 0.0338. The van der Waals surface area contributed by atoms with Crippen LogP contribution in [0.15, 0.2) is 0 Å². The maximum Gasteiger partial charge on any atom is 0.147 e. The number of hydrogen-bond donors (Lipinski definition) is 0. The van der Waals surface area contributed by atoms with E-state index in [4.69, 9.17) is 14.7 Å². The van der Waals surface area contributed by atoms with Gasteiger partial charge < -0.3 is 9.47 Å². The molecule has 0 rings (SSSR count). The van der Waals surface area contributed by atoms with Gasteiger partial charge >= 0.3 is 0 Å². The van der Waals surface area contributed by atoms with Crippen molar-refractivity contribution in [1.29, 1.82) is 5.26 Å². The van der Waals surface area contributed by atoms with Crippen LogP contribution in [0.3, 0.4) is 0 Å². The summed E-state index contributed by atoms with van der Waals surface area (Å²) >= 11 is 0. The Morgan fingerprint density at radius 2 is 2.18 bits per heavy atom. The van der Waals surface area contributed by atoms with Crippen molar-refractivity contribution in [2.24, 2.45) is 0 Å². The maximum absolute atomic E-state index is 8.35. The summed E-state index contributed by atoms with van der Waals surface area (Å²) in [5.41, 5.74) is 0. The Morgan fingerprint density at radius 1 is 1.45 bits per heavy atom. The van der Waals surface area contributed by atoms with Crippen molar-refractivity contribution in [3.8, 4) is 6.07 Å². The average molecular weight is 157 g/mol. The topological polar surface area (TPSA) is 42.2 Å². The second kappa shape index (κ2) is 7.52. The summed E-state index contributed by atoms with van der Waals surface area (Å²) in [5.74, 6) is 0. The first kappa shape index (κ1) is 10.4. The fraction of sp³-hybridized carbons (Fsp3) is 0.875. The van der Waals surface area contributed by atoms with Gasteiger partial charge in [0.15, 0.2) is 0 Å². The van der Waals surface area contributed by atoms with Crippen LogP contribution in [0.1, 0.15) is 26.7 Å². The molecular weight excluding hydrogens is 142 g/mol. The predicted molar refractivity (Wildman–Crippen MR) is 41.9 cm³/mol. The highest BCUT2D eigenvalue weighted by Crippen LogP contribution is 2.01. The molecule has 11 heavy (non-hydrogen) atoms. The first-order valence-electron chi connectivity index (χ1n) is 3.91. The summed E-state index contributed by atoms with van der Waals surface area (Å²) in [6, 6.07) is 2.07. The van der Waals surface area contributed by atoms with Crippen molar-refractivity contribution in [3.05, 3.63) is 0 Å². The molecule has 0 saturated heterocycles. The van der Waals surface area contributed by atoms with Crippen LogP contribution in [0.4, 0.5) is 0 Å². The highest BCUT2D eigenvalue weighted by molar-refractivity contribution is 4.74. The molecular formula is C8H15NO2. The third-order valence-electron chi connectivity index (χ3n) is 1.37. The molecule has 0 spiro atoms. The molecule has 1 atom stereocenters. The van der Waals surface area contributed by atoms with Crippen LogP contribution in [-0.4, -0.2) is 19.5 Å². The highest BCUT2D eigenvalue weighted by Gasteiger charge is 2.04. The SMILES string of the molecule is CCOCOC(CC)CC#N. The smallest absolute Gasteiger partial charge is 0.147 e. The molecule has 0 aliphatic rings. The normalized spacial score (nSPS) is 12.5. The minimum atomic E-state index is 0.0338. The lowest BCUT2D eigenvalue weighted by Gasteiger charge is -2.11. The largest absolute Gasteiger partial charge is 0.356 e. The van der Waals surface area contributed by atoms with Gasteiger partial charge in [0.2, 0.25) is 0 Å². The van der Waals surface area contributed by atoms with E-state index >= 15 is 0 Å². The Balaban J connectivity index is 3.30. The van der Waals surface area contributed by atoms with E-state index in [1.807, 2.05) is 13.8 Å². The van der Waals surface area contributed by atoms with Crippen LogP contribution < -0.4 is 0 Å². The van der Waals surface area contributed by atoms with E-state index < -0.39 is 0 Å². The molecule has 3 nitrogen and oxygen atoms in total. The van der Waals surface area contributed by atoms with E-state index in [1.54, 1.807) is 0 Å². The molecule has 0 saturated carbocycles. The molecule has 0 aliphatic carbocycles. The molecule has 0 radical (unpaired) electrons. The second-order valence-electron chi connectivity index (χ2n) is 2.17. The van der Waals surface area contributed by atoms with E-state index in [1.165, 1.54) is 0 Å². The van der Waals surface area contributed by atoms with E-state index in [-0.39, 0.29) is 6.10 Å². The van der Waals surface area contributed by atoms with Crippen LogP contribution >= 0.6 is 0 Å². The molecule has 0 aromatic rings. The third kappa shape index (κ3) is 5.84. The number of hydrogen-bond acceptors (Lipinski definition) is 3. The quantitative estimate of drug-likeness (QED) is 0.435. The van der Waals surface area contributed by atoms with Crippen molar-refractivity contribution in [1.82, 2.24) is 0 Å². The van der Waals surface area contributed by atoms with Crippen molar-refractivity contribution in [2.45, 2.75) is 32.8 Å². The van der Waals surface area contributed by atoms with Gasteiger partial charge in [-0.05, 0) is 13.3 Å². The third-order valence-corrected chi connectivity index (χ3v) is 1.37. The van der Waals surface area contributed by atoms with E-state index in [0.29, 0.717) is 19.8 Å². The zero-order chi connectivity index (χ0) is 8.53. The van der Waals surface area contributed by atoms with Gasteiger partial charge in [-0.1, -0.05) is 6.92 Å². The molecule has 1 unspecified atom stereocenters. The standard InChI is InChI=1S/C8H15NO2/c1-3-8(5-6-9)11-7-10-4-2/h8H,3-5,7H2,1-2H3. The number of rotatable bonds is 6.